The molecule has 4 aliphatic carbocycles. The molecule has 0 N–H and O–H groups in total. The van der Waals surface area contributed by atoms with Crippen molar-refractivity contribution in [3.05, 3.63) is 23.8 Å². The molecule has 2 nitrogen and oxygen atoms in total. The summed E-state index contributed by atoms with van der Waals surface area (Å²) in [5.74, 6) is 3.01. The van der Waals surface area contributed by atoms with Gasteiger partial charge in [0.1, 0.15) is 5.78 Å². The Morgan fingerprint density at radius 2 is 1.96 bits per heavy atom. The van der Waals surface area contributed by atoms with Crippen molar-refractivity contribution in [1.29, 1.82) is 0 Å². The van der Waals surface area contributed by atoms with Crippen molar-refractivity contribution in [1.82, 2.24) is 0 Å². The molecule has 4 aliphatic rings. The highest BCUT2D eigenvalue weighted by molar-refractivity contribution is 6.01. The van der Waals surface area contributed by atoms with E-state index in [0.29, 0.717) is 29.5 Å². The zero-order chi connectivity index (χ0) is 17.1. The van der Waals surface area contributed by atoms with E-state index in [-0.39, 0.29) is 16.6 Å². The Labute approximate surface area is 145 Å². The van der Waals surface area contributed by atoms with Crippen LogP contribution in [0.25, 0.3) is 0 Å². The van der Waals surface area contributed by atoms with Crippen molar-refractivity contribution in [3.8, 4) is 0 Å². The molecule has 24 heavy (non-hydrogen) atoms. The van der Waals surface area contributed by atoms with E-state index < -0.39 is 0 Å². The van der Waals surface area contributed by atoms with Gasteiger partial charge in [-0.1, -0.05) is 38.8 Å². The van der Waals surface area contributed by atoms with E-state index in [9.17, 15) is 9.59 Å². The zero-order valence-corrected chi connectivity index (χ0v) is 15.3. The Kier molecular flexibility index (Phi) is 3.67. The van der Waals surface area contributed by atoms with Gasteiger partial charge in [0.2, 0.25) is 0 Å². The van der Waals surface area contributed by atoms with Gasteiger partial charge in [0.15, 0.2) is 5.78 Å². The van der Waals surface area contributed by atoms with Gasteiger partial charge in [-0.2, -0.15) is 0 Å². The third kappa shape index (κ3) is 2.07. The highest BCUT2D eigenvalue weighted by Crippen LogP contribution is 2.65. The van der Waals surface area contributed by atoms with Crippen LogP contribution in [0.1, 0.15) is 65.7 Å². The van der Waals surface area contributed by atoms with Crippen molar-refractivity contribution >= 4 is 11.6 Å². The summed E-state index contributed by atoms with van der Waals surface area (Å²) in [6.07, 6.45) is 13.5. The first kappa shape index (κ1) is 16.3. The SMILES string of the molecule is CCC[C@@H]1C[C@@H]2[C@H](CC[C@]3(C)C(=O)CC[C@@H]23)[C@@]2(C)C=CC(=O)C=C12. The fourth-order valence-corrected chi connectivity index (χ4v) is 6.81. The molecule has 0 aliphatic heterocycles. The largest absolute Gasteiger partial charge is 0.299 e. The van der Waals surface area contributed by atoms with Gasteiger partial charge in [0.05, 0.1) is 0 Å². The summed E-state index contributed by atoms with van der Waals surface area (Å²) in [6.45, 7) is 6.85. The minimum atomic E-state index is -0.0658. The summed E-state index contributed by atoms with van der Waals surface area (Å²) in [4.78, 5) is 24.6. The molecule has 0 aromatic heterocycles. The average molecular weight is 326 g/mol. The van der Waals surface area contributed by atoms with Crippen LogP contribution in [-0.4, -0.2) is 11.6 Å². The van der Waals surface area contributed by atoms with E-state index in [1.807, 2.05) is 6.08 Å². The maximum Gasteiger partial charge on any atom is 0.178 e. The predicted octanol–water partition coefficient (Wildman–Crippen LogP) is 4.89. The molecule has 0 spiro atoms. The van der Waals surface area contributed by atoms with E-state index in [1.165, 1.54) is 18.4 Å². The number of fused-ring (bicyclic) bond motifs is 5. The highest BCUT2D eigenvalue weighted by Gasteiger charge is 2.59. The number of carbonyl (C=O) groups excluding carboxylic acids is 2. The Hall–Kier alpha value is -1.18. The van der Waals surface area contributed by atoms with Gasteiger partial charge in [0, 0.05) is 17.3 Å². The first-order chi connectivity index (χ1) is 11.4. The molecule has 0 saturated heterocycles. The molecular formula is C22H30O2. The molecule has 0 unspecified atom stereocenters. The molecular weight excluding hydrogens is 296 g/mol. The van der Waals surface area contributed by atoms with Crippen LogP contribution in [0.5, 0.6) is 0 Å². The predicted molar refractivity (Wildman–Crippen MR) is 95.4 cm³/mol. The number of hydrogen-bond donors (Lipinski definition) is 0. The summed E-state index contributed by atoms with van der Waals surface area (Å²) in [6, 6.07) is 0. The Morgan fingerprint density at radius 3 is 2.71 bits per heavy atom. The minimum absolute atomic E-state index is 0.0314. The van der Waals surface area contributed by atoms with Gasteiger partial charge in [-0.15, -0.1) is 0 Å². The minimum Gasteiger partial charge on any atom is -0.299 e. The van der Waals surface area contributed by atoms with Crippen LogP contribution in [0.2, 0.25) is 0 Å². The second-order valence-corrected chi connectivity index (χ2v) is 9.13. The summed E-state index contributed by atoms with van der Waals surface area (Å²) in [7, 11) is 0. The standard InChI is InChI=1S/C22H30O2/c1-4-5-14-12-16-17-6-7-20(24)22(17,3)11-9-18(16)21(2)10-8-15(23)13-19(14)21/h8,10,13-14,16-18H,4-7,9,11-12H2,1-3H3/t14-,16+,17+,18+,21-,22+/m1/s1. The molecule has 0 amide bonds. The van der Waals surface area contributed by atoms with E-state index >= 15 is 0 Å². The van der Waals surface area contributed by atoms with Gasteiger partial charge in [-0.25, -0.2) is 0 Å². The zero-order valence-electron chi connectivity index (χ0n) is 15.3. The summed E-state index contributed by atoms with van der Waals surface area (Å²) in [5, 5.41) is 0. The molecule has 0 heterocycles. The van der Waals surface area contributed by atoms with E-state index in [2.05, 4.69) is 26.8 Å². The number of carbonyl (C=O) groups is 2. The quantitative estimate of drug-likeness (QED) is 0.724. The number of Topliss-reactive ketones (excluding diaryl/α,β-unsaturated/α-hetero) is 1. The van der Waals surface area contributed by atoms with Gasteiger partial charge in [0.25, 0.3) is 0 Å². The average Bonchev–Trinajstić information content (AvgIpc) is 2.85. The second kappa shape index (κ2) is 5.41. The van der Waals surface area contributed by atoms with Crippen LogP contribution in [0, 0.1) is 34.5 Å². The van der Waals surface area contributed by atoms with Crippen molar-refractivity contribution < 1.29 is 9.59 Å². The van der Waals surface area contributed by atoms with Crippen LogP contribution < -0.4 is 0 Å². The third-order valence-corrected chi connectivity index (χ3v) is 8.06. The van der Waals surface area contributed by atoms with Crippen LogP contribution in [-0.2, 0) is 9.59 Å². The molecule has 2 heteroatoms. The second-order valence-electron chi connectivity index (χ2n) is 9.13. The molecule has 4 rings (SSSR count). The molecule has 0 aromatic carbocycles. The van der Waals surface area contributed by atoms with Crippen LogP contribution in [0.4, 0.5) is 0 Å². The molecule has 6 atom stereocenters. The monoisotopic (exact) mass is 326 g/mol. The fourth-order valence-electron chi connectivity index (χ4n) is 6.81. The normalized spacial score (nSPS) is 47.0. The van der Waals surface area contributed by atoms with Gasteiger partial charge in [-0.3, -0.25) is 9.59 Å². The number of allylic oxidation sites excluding steroid dienone is 4. The van der Waals surface area contributed by atoms with Crippen molar-refractivity contribution in [2.24, 2.45) is 34.5 Å². The van der Waals surface area contributed by atoms with Crippen molar-refractivity contribution in [3.63, 3.8) is 0 Å². The van der Waals surface area contributed by atoms with E-state index in [4.69, 9.17) is 0 Å². The van der Waals surface area contributed by atoms with E-state index in [1.54, 1.807) is 6.08 Å². The topological polar surface area (TPSA) is 34.1 Å². The van der Waals surface area contributed by atoms with Crippen molar-refractivity contribution in [2.75, 3.05) is 0 Å². The van der Waals surface area contributed by atoms with Crippen LogP contribution >= 0.6 is 0 Å². The Bertz CT molecular complexity index is 642. The van der Waals surface area contributed by atoms with Gasteiger partial charge in [-0.05, 0) is 67.9 Å². The lowest BCUT2D eigenvalue weighted by Gasteiger charge is -2.57. The fraction of sp³-hybridized carbons (Fsp3) is 0.727. The first-order valence-electron chi connectivity index (χ1n) is 9.88. The molecule has 0 radical (unpaired) electrons. The summed E-state index contributed by atoms with van der Waals surface area (Å²) >= 11 is 0. The number of ketones is 2. The number of hydrogen-bond acceptors (Lipinski definition) is 2. The smallest absolute Gasteiger partial charge is 0.178 e. The molecule has 3 fully saturated rings. The molecule has 3 saturated carbocycles. The van der Waals surface area contributed by atoms with Crippen LogP contribution in [0.3, 0.4) is 0 Å². The highest BCUT2D eigenvalue weighted by atomic mass is 16.1. The van der Waals surface area contributed by atoms with Crippen molar-refractivity contribution in [2.45, 2.75) is 65.7 Å². The summed E-state index contributed by atoms with van der Waals surface area (Å²) in [5.41, 5.74) is 1.36. The lowest BCUT2D eigenvalue weighted by atomic mass is 9.46. The Morgan fingerprint density at radius 1 is 1.17 bits per heavy atom. The lowest BCUT2D eigenvalue weighted by Crippen LogP contribution is -2.51. The summed E-state index contributed by atoms with van der Waals surface area (Å²) < 4.78 is 0. The van der Waals surface area contributed by atoms with Crippen LogP contribution in [0.15, 0.2) is 23.8 Å². The lowest BCUT2D eigenvalue weighted by molar-refractivity contribution is -0.132. The molecule has 130 valence electrons. The van der Waals surface area contributed by atoms with E-state index in [0.717, 1.165) is 32.1 Å². The first-order valence-corrected chi connectivity index (χ1v) is 9.88. The molecule has 0 aromatic rings. The number of rotatable bonds is 2. The molecule has 0 bridgehead atoms. The third-order valence-electron chi connectivity index (χ3n) is 8.06. The Balaban J connectivity index is 1.75. The van der Waals surface area contributed by atoms with Gasteiger partial charge < -0.3 is 0 Å². The maximum atomic E-state index is 12.5. The maximum absolute atomic E-state index is 12.5. The van der Waals surface area contributed by atoms with Gasteiger partial charge >= 0.3 is 0 Å².